The van der Waals surface area contributed by atoms with Crippen molar-refractivity contribution in [2.24, 2.45) is 0 Å². The standard InChI is InChI=1S/C21H24F6N6O4S/c1-12(30-16-9-29-31-19(34)17(16)21(25,26)27)11-37-4-5-38(35,36)32-2-3-33-15(10-32)7-13-6-14(20(22,23)24)8-28-18(13)33/h6,8-9,12,15H,2-5,7,10-11H2,1H3,(H2,30,31,34)/t12-,15?/m0/s1. The second kappa shape index (κ2) is 10.3. The van der Waals surface area contributed by atoms with Gasteiger partial charge in [-0.25, -0.2) is 18.5 Å². The van der Waals surface area contributed by atoms with Crippen LogP contribution in [-0.2, 0) is 33.5 Å². The fourth-order valence-corrected chi connectivity index (χ4v) is 5.85. The summed E-state index contributed by atoms with van der Waals surface area (Å²) in [5.74, 6) is 0.0325. The molecule has 2 aromatic rings. The summed E-state index contributed by atoms with van der Waals surface area (Å²) in [6.45, 7) is 1.56. The molecule has 0 aromatic carbocycles. The molecule has 10 nitrogen and oxygen atoms in total. The lowest BCUT2D eigenvalue weighted by atomic mass is 10.1. The minimum absolute atomic E-state index is 0.0772. The number of ether oxygens (including phenoxy) is 1. The van der Waals surface area contributed by atoms with Crippen LogP contribution < -0.4 is 15.8 Å². The highest BCUT2D eigenvalue weighted by Gasteiger charge is 2.41. The van der Waals surface area contributed by atoms with Crippen LogP contribution in [0, 0.1) is 0 Å². The van der Waals surface area contributed by atoms with Gasteiger partial charge in [0.2, 0.25) is 10.0 Å². The Balaban J connectivity index is 1.28. The largest absolute Gasteiger partial charge is 0.423 e. The molecular formula is C21H24F6N6O4S. The van der Waals surface area contributed by atoms with Crippen molar-refractivity contribution >= 4 is 21.5 Å². The van der Waals surface area contributed by atoms with Gasteiger partial charge in [0.25, 0.3) is 5.56 Å². The van der Waals surface area contributed by atoms with Crippen molar-refractivity contribution in [2.45, 2.75) is 37.8 Å². The topological polar surface area (TPSA) is 121 Å². The maximum Gasteiger partial charge on any atom is 0.423 e. The Labute approximate surface area is 213 Å². The molecule has 0 saturated carbocycles. The Bertz CT molecular complexity index is 1330. The summed E-state index contributed by atoms with van der Waals surface area (Å²) in [6, 6.07) is -0.0147. The molecule has 0 bridgehead atoms. The Morgan fingerprint density at radius 2 is 1.92 bits per heavy atom. The second-order valence-electron chi connectivity index (χ2n) is 9.04. The molecule has 38 heavy (non-hydrogen) atoms. The summed E-state index contributed by atoms with van der Waals surface area (Å²) < 4.78 is 111. The van der Waals surface area contributed by atoms with Crippen LogP contribution in [0.2, 0.25) is 0 Å². The summed E-state index contributed by atoms with van der Waals surface area (Å²) in [7, 11) is -3.77. The van der Waals surface area contributed by atoms with Gasteiger partial charge in [-0.15, -0.1) is 0 Å². The zero-order chi connectivity index (χ0) is 27.9. The van der Waals surface area contributed by atoms with E-state index in [2.05, 4.69) is 15.4 Å². The van der Waals surface area contributed by atoms with Gasteiger partial charge in [-0.05, 0) is 25.0 Å². The van der Waals surface area contributed by atoms with Crippen LogP contribution in [0.5, 0.6) is 0 Å². The maximum absolute atomic E-state index is 13.2. The molecule has 2 N–H and O–H groups in total. The number of H-pyrrole nitrogens is 1. The van der Waals surface area contributed by atoms with Crippen molar-refractivity contribution in [1.82, 2.24) is 19.5 Å². The molecule has 4 heterocycles. The molecule has 2 aliphatic rings. The summed E-state index contributed by atoms with van der Waals surface area (Å²) >= 11 is 0. The fourth-order valence-electron chi connectivity index (χ4n) is 4.50. The maximum atomic E-state index is 13.2. The van der Waals surface area contributed by atoms with Crippen LogP contribution in [0.1, 0.15) is 23.6 Å². The molecule has 0 spiro atoms. The van der Waals surface area contributed by atoms with E-state index >= 15 is 0 Å². The Kier molecular flexibility index (Phi) is 7.64. The van der Waals surface area contributed by atoms with E-state index in [-0.39, 0.29) is 45.3 Å². The second-order valence-corrected chi connectivity index (χ2v) is 11.1. The smallest absolute Gasteiger partial charge is 0.378 e. The van der Waals surface area contributed by atoms with E-state index in [9.17, 15) is 39.6 Å². The van der Waals surface area contributed by atoms with Gasteiger partial charge in [0.15, 0.2) is 0 Å². The number of hydrogen-bond acceptors (Lipinski definition) is 8. The van der Waals surface area contributed by atoms with Crippen molar-refractivity contribution in [3.63, 3.8) is 0 Å². The first-order valence-corrected chi connectivity index (χ1v) is 13.1. The number of aromatic nitrogens is 3. The van der Waals surface area contributed by atoms with Crippen molar-refractivity contribution < 1.29 is 39.5 Å². The molecule has 0 amide bonds. The molecular weight excluding hydrogens is 546 g/mol. The number of nitrogens with one attached hydrogen (secondary N) is 2. The molecule has 2 aromatic heterocycles. The van der Waals surface area contributed by atoms with E-state index in [1.165, 1.54) is 11.2 Å². The van der Waals surface area contributed by atoms with E-state index in [0.29, 0.717) is 11.4 Å². The number of rotatable bonds is 8. The van der Waals surface area contributed by atoms with Crippen LogP contribution in [0.4, 0.5) is 37.8 Å². The molecule has 0 radical (unpaired) electrons. The minimum atomic E-state index is -4.91. The zero-order valence-electron chi connectivity index (χ0n) is 19.9. The van der Waals surface area contributed by atoms with Crippen LogP contribution in [0.3, 0.4) is 0 Å². The van der Waals surface area contributed by atoms with Gasteiger partial charge in [-0.3, -0.25) is 4.79 Å². The lowest BCUT2D eigenvalue weighted by molar-refractivity contribution is -0.138. The van der Waals surface area contributed by atoms with E-state index in [0.717, 1.165) is 18.5 Å². The lowest BCUT2D eigenvalue weighted by Gasteiger charge is -2.37. The number of aromatic amines is 1. The number of pyridine rings is 1. The first-order valence-electron chi connectivity index (χ1n) is 11.5. The molecule has 1 unspecified atom stereocenters. The molecule has 2 atom stereocenters. The highest BCUT2D eigenvalue weighted by atomic mass is 32.2. The van der Waals surface area contributed by atoms with Gasteiger partial charge >= 0.3 is 12.4 Å². The average Bonchev–Trinajstić information content (AvgIpc) is 3.17. The van der Waals surface area contributed by atoms with Crippen LogP contribution in [-0.4, -0.2) is 78.6 Å². The third kappa shape index (κ3) is 6.04. The summed E-state index contributed by atoms with van der Waals surface area (Å²) in [6.07, 6.45) is -7.60. The van der Waals surface area contributed by atoms with Crippen LogP contribution >= 0.6 is 0 Å². The summed E-state index contributed by atoms with van der Waals surface area (Å²) in [5.41, 5.74) is -3.80. The predicted octanol–water partition coefficient (Wildman–Crippen LogP) is 2.10. The summed E-state index contributed by atoms with van der Waals surface area (Å²) in [5, 5.41) is 7.58. The van der Waals surface area contributed by atoms with Gasteiger partial charge < -0.3 is 15.0 Å². The Morgan fingerprint density at radius 1 is 1.18 bits per heavy atom. The number of nitrogens with zero attached hydrogens (tertiary/aromatic N) is 4. The number of piperazine rings is 1. The molecule has 17 heteroatoms. The number of halogens is 6. The van der Waals surface area contributed by atoms with Crippen molar-refractivity contribution in [2.75, 3.05) is 48.8 Å². The zero-order valence-corrected chi connectivity index (χ0v) is 20.8. The first-order chi connectivity index (χ1) is 17.7. The number of anilines is 2. The number of alkyl halides is 6. The van der Waals surface area contributed by atoms with Gasteiger partial charge in [0.1, 0.15) is 11.4 Å². The lowest BCUT2D eigenvalue weighted by Crippen LogP contribution is -2.54. The van der Waals surface area contributed by atoms with E-state index in [1.54, 1.807) is 5.10 Å². The van der Waals surface area contributed by atoms with Crippen molar-refractivity contribution in [3.8, 4) is 0 Å². The van der Waals surface area contributed by atoms with Gasteiger partial charge in [0, 0.05) is 37.9 Å². The average molecular weight is 571 g/mol. The van der Waals surface area contributed by atoms with E-state index < -0.39 is 56.5 Å². The molecule has 1 saturated heterocycles. The number of hydrogen-bond donors (Lipinski definition) is 2. The van der Waals surface area contributed by atoms with Crippen LogP contribution in [0.25, 0.3) is 0 Å². The normalized spacial score (nSPS) is 19.2. The quantitative estimate of drug-likeness (QED) is 0.366. The monoisotopic (exact) mass is 570 g/mol. The molecule has 2 aliphatic heterocycles. The predicted molar refractivity (Wildman–Crippen MR) is 123 cm³/mol. The molecule has 4 rings (SSSR count). The molecule has 0 aliphatic carbocycles. The first kappa shape index (κ1) is 28.1. The molecule has 210 valence electrons. The number of sulfonamides is 1. The molecule has 1 fully saturated rings. The summed E-state index contributed by atoms with van der Waals surface area (Å²) in [4.78, 5) is 17.3. The highest BCUT2D eigenvalue weighted by Crippen LogP contribution is 2.37. The van der Waals surface area contributed by atoms with Crippen molar-refractivity contribution in [1.29, 1.82) is 0 Å². The highest BCUT2D eigenvalue weighted by molar-refractivity contribution is 7.89. The van der Waals surface area contributed by atoms with Gasteiger partial charge in [-0.1, -0.05) is 0 Å². The van der Waals surface area contributed by atoms with Gasteiger partial charge in [-0.2, -0.15) is 35.7 Å². The van der Waals surface area contributed by atoms with Crippen molar-refractivity contribution in [3.05, 3.63) is 45.5 Å². The van der Waals surface area contributed by atoms with Crippen LogP contribution in [0.15, 0.2) is 23.3 Å². The Morgan fingerprint density at radius 3 is 2.61 bits per heavy atom. The van der Waals surface area contributed by atoms with Gasteiger partial charge in [0.05, 0.1) is 36.4 Å². The fraction of sp³-hybridized carbons (Fsp3) is 0.571. The number of fused-ring (bicyclic) bond motifs is 3. The third-order valence-corrected chi connectivity index (χ3v) is 8.03. The van der Waals surface area contributed by atoms with E-state index in [4.69, 9.17) is 4.74 Å². The minimum Gasteiger partial charge on any atom is -0.378 e. The van der Waals surface area contributed by atoms with E-state index in [1.807, 2.05) is 4.90 Å². The Hall–Kier alpha value is -2.92. The SMILES string of the molecule is C[C@@H](COCCS(=O)(=O)N1CCN2c3ncc(C(F)(F)F)cc3CC2C1)Nc1cn[nH]c(=O)c1C(F)(F)F. The third-order valence-electron chi connectivity index (χ3n) is 6.23.